The van der Waals surface area contributed by atoms with Crippen molar-refractivity contribution in [3.05, 3.63) is 59.0 Å². The van der Waals surface area contributed by atoms with Crippen molar-refractivity contribution in [1.29, 1.82) is 5.41 Å². The van der Waals surface area contributed by atoms with Crippen LogP contribution in [0.3, 0.4) is 0 Å². The number of nitrogens with zero attached hydrogens (tertiary/aromatic N) is 3. The summed E-state index contributed by atoms with van der Waals surface area (Å²) in [6.07, 6.45) is -0.569. The van der Waals surface area contributed by atoms with Gasteiger partial charge in [0.25, 0.3) is 0 Å². The minimum Gasteiger partial charge on any atom is -0.512 e. The third-order valence-electron chi connectivity index (χ3n) is 4.33. The fourth-order valence-corrected chi connectivity index (χ4v) is 2.97. The molecule has 2 heterocycles. The second kappa shape index (κ2) is 9.66. The van der Waals surface area contributed by atoms with E-state index in [1.165, 1.54) is 12.3 Å². The summed E-state index contributed by atoms with van der Waals surface area (Å²) in [5, 5.41) is 27.1. The number of halogens is 4. The first-order valence-electron chi connectivity index (χ1n) is 8.77. The Kier molecular flexibility index (Phi) is 7.49. The number of aromatic nitrogens is 1. The van der Waals surface area contributed by atoms with Crippen molar-refractivity contribution in [1.82, 2.24) is 9.88 Å². The average molecular weight is 445 g/mol. The molecular weight excluding hydrogens is 425 g/mol. The van der Waals surface area contributed by atoms with Crippen LogP contribution in [-0.4, -0.2) is 64.3 Å². The highest BCUT2D eigenvalue weighted by Gasteiger charge is 2.29. The van der Waals surface area contributed by atoms with Crippen LogP contribution in [0.2, 0.25) is 5.02 Å². The van der Waals surface area contributed by atoms with E-state index in [2.05, 4.69) is 11.6 Å². The Bertz CT molecular complexity index is 892. The average Bonchev–Trinajstić information content (AvgIpc) is 2.67. The number of anilines is 1. The summed E-state index contributed by atoms with van der Waals surface area (Å²) in [4.78, 5) is 18.6. The molecule has 30 heavy (non-hydrogen) atoms. The molecule has 0 atom stereocenters. The highest BCUT2D eigenvalue weighted by Crippen LogP contribution is 2.26. The topological polar surface area (TPSA) is 101 Å². The van der Waals surface area contributed by atoms with Gasteiger partial charge in [-0.1, -0.05) is 30.3 Å². The number of carboxylic acid groups (broad SMARTS) is 1. The van der Waals surface area contributed by atoms with E-state index in [4.69, 9.17) is 22.1 Å². The lowest BCUT2D eigenvalue weighted by Gasteiger charge is -2.37. The molecule has 3 N–H and O–H groups in total. The summed E-state index contributed by atoms with van der Waals surface area (Å²) in [6, 6.07) is 1.32. The molecule has 162 valence electrons. The van der Waals surface area contributed by atoms with Crippen molar-refractivity contribution in [3.8, 4) is 0 Å². The van der Waals surface area contributed by atoms with Gasteiger partial charge in [0.2, 0.25) is 0 Å². The fourth-order valence-electron chi connectivity index (χ4n) is 2.68. The maximum Gasteiger partial charge on any atom is 0.415 e. The van der Waals surface area contributed by atoms with Gasteiger partial charge in [0.05, 0.1) is 22.8 Å². The molecule has 0 radical (unpaired) electrons. The molecule has 2 rings (SSSR count). The Morgan fingerprint density at radius 2 is 1.93 bits per heavy atom. The molecule has 1 aromatic heterocycles. The van der Waals surface area contributed by atoms with Crippen molar-refractivity contribution < 1.29 is 28.2 Å². The number of piperazine rings is 1. The summed E-state index contributed by atoms with van der Waals surface area (Å²) in [6.45, 7) is 4.70. The molecule has 1 aromatic rings. The third-order valence-corrected chi connectivity index (χ3v) is 4.61. The Labute approximate surface area is 175 Å². The number of pyridine rings is 1. The van der Waals surface area contributed by atoms with E-state index < -0.39 is 17.7 Å². The predicted octanol–water partition coefficient (Wildman–Crippen LogP) is 4.04. The second-order valence-corrected chi connectivity index (χ2v) is 6.88. The minimum absolute atomic E-state index is 0.0146. The largest absolute Gasteiger partial charge is 0.512 e. The van der Waals surface area contributed by atoms with Crippen LogP contribution in [0.15, 0.2) is 48.4 Å². The van der Waals surface area contributed by atoms with Crippen LogP contribution in [0.4, 0.5) is 19.0 Å². The maximum absolute atomic E-state index is 12.3. The van der Waals surface area contributed by atoms with Gasteiger partial charge in [-0.3, -0.25) is 5.41 Å². The number of carbonyl (C=O) groups is 1. The number of nitrogens with one attached hydrogen (secondary N) is 1. The number of amidine groups is 1. The first-order chi connectivity index (χ1) is 14.0. The molecule has 0 aliphatic carbocycles. The van der Waals surface area contributed by atoms with Gasteiger partial charge in [0, 0.05) is 37.9 Å². The molecule has 0 spiro atoms. The van der Waals surface area contributed by atoms with Crippen LogP contribution in [0.5, 0.6) is 0 Å². The third kappa shape index (κ3) is 6.24. The van der Waals surface area contributed by atoms with Gasteiger partial charge in [-0.05, 0) is 12.1 Å². The number of aliphatic hydroxyl groups is 1. The minimum atomic E-state index is -4.53. The number of hydrogen-bond acceptors (Lipinski definition) is 5. The van der Waals surface area contributed by atoms with E-state index in [0.29, 0.717) is 32.0 Å². The molecule has 11 heteroatoms. The lowest BCUT2D eigenvalue weighted by atomic mass is 10.2. The molecule has 1 aliphatic rings. The molecule has 0 saturated carbocycles. The van der Waals surface area contributed by atoms with Crippen LogP contribution in [0, 0.1) is 5.41 Å². The van der Waals surface area contributed by atoms with E-state index in [-0.39, 0.29) is 28.6 Å². The number of rotatable bonds is 6. The highest BCUT2D eigenvalue weighted by atomic mass is 35.5. The van der Waals surface area contributed by atoms with Crippen molar-refractivity contribution in [3.63, 3.8) is 0 Å². The van der Waals surface area contributed by atoms with E-state index >= 15 is 0 Å². The molecule has 0 aromatic carbocycles. The highest BCUT2D eigenvalue weighted by molar-refractivity contribution is 6.33. The normalized spacial score (nSPS) is 15.5. The van der Waals surface area contributed by atoms with Crippen LogP contribution in [-0.2, 0) is 0 Å². The van der Waals surface area contributed by atoms with E-state index in [1.807, 2.05) is 4.90 Å². The van der Waals surface area contributed by atoms with E-state index in [0.717, 1.165) is 18.2 Å². The van der Waals surface area contributed by atoms with Crippen molar-refractivity contribution >= 4 is 29.2 Å². The van der Waals surface area contributed by atoms with Gasteiger partial charge in [-0.25, -0.2) is 9.78 Å². The SMILES string of the molecule is C=C(/C=C\C=C(\O)CC(=N)N1CCN(c2ncc(C(=O)O)cc2Cl)CC1)C(F)(F)F. The summed E-state index contributed by atoms with van der Waals surface area (Å²) in [5.41, 5.74) is -1.05. The number of hydrogen-bond donors (Lipinski definition) is 3. The van der Waals surface area contributed by atoms with E-state index in [1.54, 1.807) is 4.90 Å². The lowest BCUT2D eigenvalue weighted by Crippen LogP contribution is -2.49. The van der Waals surface area contributed by atoms with Crippen LogP contribution in [0.1, 0.15) is 16.8 Å². The molecule has 1 aliphatic heterocycles. The summed E-state index contributed by atoms with van der Waals surface area (Å²) >= 11 is 6.13. The maximum atomic E-state index is 12.3. The smallest absolute Gasteiger partial charge is 0.415 e. The first kappa shape index (κ1) is 23.3. The Morgan fingerprint density at radius 1 is 1.30 bits per heavy atom. The van der Waals surface area contributed by atoms with Crippen LogP contribution >= 0.6 is 11.6 Å². The number of aromatic carboxylic acids is 1. The summed E-state index contributed by atoms with van der Waals surface area (Å²) in [7, 11) is 0. The Balaban J connectivity index is 1.90. The Morgan fingerprint density at radius 3 is 2.47 bits per heavy atom. The van der Waals surface area contributed by atoms with E-state index in [9.17, 15) is 23.1 Å². The first-order valence-corrected chi connectivity index (χ1v) is 9.15. The molecule has 0 unspecified atom stereocenters. The van der Waals surface area contributed by atoms with Crippen molar-refractivity contribution in [2.45, 2.75) is 12.6 Å². The quantitative estimate of drug-likeness (QED) is 0.265. The lowest BCUT2D eigenvalue weighted by molar-refractivity contribution is -0.0878. The van der Waals surface area contributed by atoms with Gasteiger partial charge in [-0.2, -0.15) is 13.2 Å². The van der Waals surface area contributed by atoms with Gasteiger partial charge in [0.1, 0.15) is 11.7 Å². The standard InChI is InChI=1S/C19H20ClF3N4O3/c1-12(19(21,22)23)3-2-4-14(28)10-16(24)26-5-7-27(8-6-26)17-15(20)9-13(11-25-17)18(29)30/h2-4,9,11,24,28H,1,5-8,10H2,(H,29,30)/b3-2-,14-4+,24-16?. The molecule has 1 saturated heterocycles. The van der Waals surface area contributed by atoms with Crippen LogP contribution in [0.25, 0.3) is 0 Å². The molecule has 1 fully saturated rings. The van der Waals surface area contributed by atoms with Gasteiger partial charge < -0.3 is 20.0 Å². The fraction of sp³-hybridized carbons (Fsp3) is 0.316. The number of allylic oxidation sites excluding steroid dienone is 4. The van der Waals surface area contributed by atoms with Gasteiger partial charge in [-0.15, -0.1) is 0 Å². The zero-order valence-corrected chi connectivity index (χ0v) is 16.5. The van der Waals surface area contributed by atoms with Crippen molar-refractivity contribution in [2.24, 2.45) is 0 Å². The van der Waals surface area contributed by atoms with Crippen LogP contribution < -0.4 is 4.90 Å². The van der Waals surface area contributed by atoms with Gasteiger partial charge in [0.15, 0.2) is 0 Å². The van der Waals surface area contributed by atoms with Crippen molar-refractivity contribution in [2.75, 3.05) is 31.1 Å². The number of aliphatic hydroxyl groups excluding tert-OH is 1. The zero-order chi connectivity index (χ0) is 22.5. The zero-order valence-electron chi connectivity index (χ0n) is 15.8. The molecular formula is C19H20ClF3N4O3. The molecule has 7 nitrogen and oxygen atoms in total. The Hall–Kier alpha value is -3.01. The predicted molar refractivity (Wildman–Crippen MR) is 107 cm³/mol. The monoisotopic (exact) mass is 444 g/mol. The summed E-state index contributed by atoms with van der Waals surface area (Å²) in [5.74, 6) is -0.806. The number of carboxylic acids is 1. The second-order valence-electron chi connectivity index (χ2n) is 6.47. The summed E-state index contributed by atoms with van der Waals surface area (Å²) < 4.78 is 37.0. The molecule has 0 amide bonds. The number of alkyl halides is 3. The van der Waals surface area contributed by atoms with Gasteiger partial charge >= 0.3 is 12.1 Å². The molecule has 0 bridgehead atoms.